The molecule has 4 rings (SSSR count). The fourth-order valence-electron chi connectivity index (χ4n) is 4.79. The van der Waals surface area contributed by atoms with Gasteiger partial charge in [-0.15, -0.1) is 0 Å². The van der Waals surface area contributed by atoms with Gasteiger partial charge in [0.05, 0.1) is 10.6 Å². The predicted molar refractivity (Wildman–Crippen MR) is 138 cm³/mol. The number of nitrogens with zero attached hydrogens (tertiary/aromatic N) is 3. The van der Waals surface area contributed by atoms with Crippen LogP contribution in [-0.2, 0) is 10.0 Å². The van der Waals surface area contributed by atoms with Crippen molar-refractivity contribution in [3.05, 3.63) is 77.5 Å². The lowest BCUT2D eigenvalue weighted by Gasteiger charge is -2.33. The summed E-state index contributed by atoms with van der Waals surface area (Å²) in [7, 11) is -3.59. The minimum Gasteiger partial charge on any atom is -0.303 e. The van der Waals surface area contributed by atoms with Gasteiger partial charge in [0.25, 0.3) is 0 Å². The molecule has 1 N–H and O–H groups in total. The highest BCUT2D eigenvalue weighted by atomic mass is 32.2. The molecule has 1 atom stereocenters. The second-order valence-corrected chi connectivity index (χ2v) is 10.9. The molecule has 34 heavy (non-hydrogen) atoms. The highest BCUT2D eigenvalue weighted by molar-refractivity contribution is 7.89. The number of benzene rings is 2. The Morgan fingerprint density at radius 2 is 1.59 bits per heavy atom. The number of sulfonamides is 1. The zero-order valence-electron chi connectivity index (χ0n) is 20.3. The molecule has 6 nitrogen and oxygen atoms in total. The van der Waals surface area contributed by atoms with Crippen molar-refractivity contribution in [2.45, 2.75) is 44.0 Å². The lowest BCUT2D eigenvalue weighted by atomic mass is 9.99. The van der Waals surface area contributed by atoms with Crippen LogP contribution in [0.25, 0.3) is 0 Å². The molecule has 2 aliphatic heterocycles. The third-order valence-corrected chi connectivity index (χ3v) is 8.24. The Morgan fingerprint density at radius 3 is 2.24 bits per heavy atom. The Balaban J connectivity index is 1.40. The molecule has 2 aromatic rings. The molecule has 1 fully saturated rings. The van der Waals surface area contributed by atoms with Crippen LogP contribution in [0.2, 0.25) is 0 Å². The van der Waals surface area contributed by atoms with Gasteiger partial charge in [-0.25, -0.2) is 13.1 Å². The maximum atomic E-state index is 13.0. The molecule has 0 amide bonds. The molecule has 2 heterocycles. The third kappa shape index (κ3) is 6.42. The standard InChI is InChI=1S/C27H36N4O2S/c1-3-30-20-22(2)28-27(21-30)24-14-17-31(18-15-24)19-16-26(23-10-6-4-7-11-23)29-34(32,33)25-12-8-5-9-13-25/h4-13,26,29H,3,14-21H2,1-2H3/t26-/m0/s1. The minimum absolute atomic E-state index is 0.269. The molecule has 1 saturated heterocycles. The molecule has 0 aliphatic carbocycles. The molecule has 0 saturated carbocycles. The third-order valence-electron chi connectivity index (χ3n) is 6.75. The number of hydrogen-bond acceptors (Lipinski definition) is 5. The van der Waals surface area contributed by atoms with E-state index in [1.165, 1.54) is 17.0 Å². The van der Waals surface area contributed by atoms with Gasteiger partial charge in [-0.1, -0.05) is 55.5 Å². The van der Waals surface area contributed by atoms with E-state index >= 15 is 0 Å². The average molecular weight is 481 g/mol. The Hall–Kier alpha value is -2.32. The van der Waals surface area contributed by atoms with Crippen LogP contribution in [0.3, 0.4) is 0 Å². The molecule has 7 heteroatoms. The van der Waals surface area contributed by atoms with Gasteiger partial charge in [0.1, 0.15) is 0 Å². The van der Waals surface area contributed by atoms with E-state index in [-0.39, 0.29) is 6.04 Å². The van der Waals surface area contributed by atoms with Crippen LogP contribution in [0.4, 0.5) is 0 Å². The number of aliphatic imine (C=N–C) groups is 1. The first kappa shape index (κ1) is 24.8. The lowest BCUT2D eigenvalue weighted by Crippen LogP contribution is -2.37. The maximum absolute atomic E-state index is 13.0. The molecule has 0 spiro atoms. The first-order chi connectivity index (χ1) is 16.4. The van der Waals surface area contributed by atoms with E-state index in [2.05, 4.69) is 28.4 Å². The molecule has 0 bridgehead atoms. The molecular formula is C27H36N4O2S. The Bertz CT molecular complexity index is 1100. The molecule has 182 valence electrons. The largest absolute Gasteiger partial charge is 0.303 e. The van der Waals surface area contributed by atoms with Gasteiger partial charge in [0.15, 0.2) is 0 Å². The van der Waals surface area contributed by atoms with Gasteiger partial charge < -0.3 is 4.90 Å². The van der Waals surface area contributed by atoms with Gasteiger partial charge in [-0.05, 0) is 56.0 Å². The van der Waals surface area contributed by atoms with Crippen molar-refractivity contribution in [2.75, 3.05) is 39.3 Å². The Labute approximate surface area is 204 Å². The van der Waals surface area contributed by atoms with E-state index in [4.69, 9.17) is 4.99 Å². The summed E-state index contributed by atoms with van der Waals surface area (Å²) in [5.41, 5.74) is 4.95. The van der Waals surface area contributed by atoms with Crippen molar-refractivity contribution in [1.82, 2.24) is 14.5 Å². The number of piperidine rings is 1. The summed E-state index contributed by atoms with van der Waals surface area (Å²) >= 11 is 0. The van der Waals surface area contributed by atoms with Crippen molar-refractivity contribution in [3.8, 4) is 0 Å². The summed E-state index contributed by atoms with van der Waals surface area (Å²) in [5.74, 6) is 0. The van der Waals surface area contributed by atoms with Crippen LogP contribution in [0, 0.1) is 0 Å². The van der Waals surface area contributed by atoms with Crippen LogP contribution in [0.15, 0.2) is 81.8 Å². The van der Waals surface area contributed by atoms with E-state index in [0.717, 1.165) is 64.1 Å². The highest BCUT2D eigenvalue weighted by Gasteiger charge is 2.24. The monoisotopic (exact) mass is 480 g/mol. The van der Waals surface area contributed by atoms with Crippen molar-refractivity contribution in [2.24, 2.45) is 4.99 Å². The number of likely N-dealkylation sites (tertiary alicyclic amines) is 1. The number of nitrogens with one attached hydrogen (secondary N) is 1. The second-order valence-electron chi connectivity index (χ2n) is 9.23. The number of hydrogen-bond donors (Lipinski definition) is 1. The zero-order valence-corrected chi connectivity index (χ0v) is 21.1. The van der Waals surface area contributed by atoms with E-state index in [0.29, 0.717) is 4.90 Å². The smallest absolute Gasteiger partial charge is 0.241 e. The summed E-state index contributed by atoms with van der Waals surface area (Å²) in [4.78, 5) is 10.1. The van der Waals surface area contributed by atoms with Crippen LogP contribution in [0.1, 0.15) is 44.7 Å². The van der Waals surface area contributed by atoms with E-state index in [9.17, 15) is 8.42 Å². The lowest BCUT2D eigenvalue weighted by molar-refractivity contribution is 0.242. The first-order valence-electron chi connectivity index (χ1n) is 12.3. The summed E-state index contributed by atoms with van der Waals surface area (Å²) in [6.07, 6.45) is 2.80. The van der Waals surface area contributed by atoms with Gasteiger partial charge in [0.2, 0.25) is 10.0 Å². The summed E-state index contributed by atoms with van der Waals surface area (Å²) in [6, 6.07) is 18.2. The van der Waals surface area contributed by atoms with Gasteiger partial charge in [-0.2, -0.15) is 0 Å². The van der Waals surface area contributed by atoms with Crippen LogP contribution in [-0.4, -0.2) is 63.2 Å². The van der Waals surface area contributed by atoms with Crippen molar-refractivity contribution >= 4 is 15.7 Å². The van der Waals surface area contributed by atoms with Gasteiger partial charge >= 0.3 is 0 Å². The van der Waals surface area contributed by atoms with Crippen LogP contribution >= 0.6 is 0 Å². The average Bonchev–Trinajstić information content (AvgIpc) is 2.87. The van der Waals surface area contributed by atoms with E-state index in [1.807, 2.05) is 36.4 Å². The summed E-state index contributed by atoms with van der Waals surface area (Å²) in [6.45, 7) is 10.1. The number of likely N-dealkylation sites (N-methyl/N-ethyl adjacent to an activating group) is 1. The topological polar surface area (TPSA) is 65.0 Å². The molecule has 2 aromatic carbocycles. The SMILES string of the molecule is CCN1CC(C)=NC(=C2CCN(CC[C@H](NS(=O)(=O)c3ccccc3)c3ccccc3)CC2)C1. The fraction of sp³-hybridized carbons (Fsp3) is 0.444. The van der Waals surface area contributed by atoms with Gasteiger partial charge in [0, 0.05) is 44.5 Å². The molecule has 2 aliphatic rings. The summed E-state index contributed by atoms with van der Waals surface area (Å²) in [5, 5.41) is 0. The normalized spacial score (nSPS) is 19.2. The van der Waals surface area contributed by atoms with Gasteiger partial charge in [-0.3, -0.25) is 9.89 Å². The fourth-order valence-corrected chi connectivity index (χ4v) is 6.07. The molecular weight excluding hydrogens is 444 g/mol. The van der Waals surface area contributed by atoms with E-state index in [1.54, 1.807) is 24.3 Å². The molecule has 0 aromatic heterocycles. The first-order valence-corrected chi connectivity index (χ1v) is 13.7. The maximum Gasteiger partial charge on any atom is 0.241 e. The quantitative estimate of drug-likeness (QED) is 0.614. The molecule has 0 unspecified atom stereocenters. The second kappa shape index (κ2) is 11.4. The van der Waals surface area contributed by atoms with Crippen LogP contribution < -0.4 is 4.72 Å². The molecule has 0 radical (unpaired) electrons. The zero-order chi connectivity index (χ0) is 24.0. The van der Waals surface area contributed by atoms with Crippen molar-refractivity contribution in [1.29, 1.82) is 0 Å². The van der Waals surface area contributed by atoms with Crippen molar-refractivity contribution in [3.63, 3.8) is 0 Å². The van der Waals surface area contributed by atoms with Crippen molar-refractivity contribution < 1.29 is 8.42 Å². The Kier molecular flexibility index (Phi) is 8.32. The minimum atomic E-state index is -3.59. The summed E-state index contributed by atoms with van der Waals surface area (Å²) < 4.78 is 29.0. The Morgan fingerprint density at radius 1 is 0.941 bits per heavy atom. The van der Waals surface area contributed by atoms with Crippen LogP contribution in [0.5, 0.6) is 0 Å². The highest BCUT2D eigenvalue weighted by Crippen LogP contribution is 2.26. The predicted octanol–water partition coefficient (Wildman–Crippen LogP) is 4.24. The number of rotatable bonds is 8. The van der Waals surface area contributed by atoms with E-state index < -0.39 is 10.0 Å².